The van der Waals surface area contributed by atoms with Gasteiger partial charge in [0, 0.05) is 36.5 Å². The second-order valence-corrected chi connectivity index (χ2v) is 8.22. The number of imidazole rings is 1. The van der Waals surface area contributed by atoms with Gasteiger partial charge in [0.05, 0.1) is 16.9 Å². The molecule has 1 N–H and O–H groups in total. The SMILES string of the molecule is Cc1noc(C)c1CSc1ncccc1C(=O)NCc1ccc(-n2ccnc2C)c(F)c1. The maximum atomic E-state index is 14.6. The molecule has 7 nitrogen and oxygen atoms in total. The fourth-order valence-corrected chi connectivity index (χ4v) is 4.44. The van der Waals surface area contributed by atoms with Crippen LogP contribution >= 0.6 is 11.8 Å². The van der Waals surface area contributed by atoms with Crippen LogP contribution in [0.5, 0.6) is 0 Å². The van der Waals surface area contributed by atoms with E-state index in [-0.39, 0.29) is 18.3 Å². The largest absolute Gasteiger partial charge is 0.361 e. The van der Waals surface area contributed by atoms with Crippen molar-refractivity contribution in [3.8, 4) is 5.69 Å². The molecular weight excluding hydrogens is 429 g/mol. The number of nitrogens with zero attached hydrogens (tertiary/aromatic N) is 4. The molecular formula is C23H22FN5O2S. The first-order chi connectivity index (χ1) is 15.4. The lowest BCUT2D eigenvalue weighted by molar-refractivity contribution is 0.0947. The number of carbonyl (C=O) groups is 1. The molecule has 9 heteroatoms. The summed E-state index contributed by atoms with van der Waals surface area (Å²) in [6.45, 7) is 5.75. The van der Waals surface area contributed by atoms with Crippen LogP contribution in [0.4, 0.5) is 4.39 Å². The summed E-state index contributed by atoms with van der Waals surface area (Å²) in [6, 6.07) is 8.33. The normalized spacial score (nSPS) is 11.0. The van der Waals surface area contributed by atoms with Crippen molar-refractivity contribution < 1.29 is 13.7 Å². The number of carbonyl (C=O) groups excluding carboxylic acids is 1. The molecule has 0 atom stereocenters. The zero-order valence-electron chi connectivity index (χ0n) is 17.9. The number of benzene rings is 1. The highest BCUT2D eigenvalue weighted by Crippen LogP contribution is 2.27. The Kier molecular flexibility index (Phi) is 6.36. The molecule has 0 fully saturated rings. The van der Waals surface area contributed by atoms with E-state index in [9.17, 15) is 9.18 Å². The van der Waals surface area contributed by atoms with Gasteiger partial charge in [0.25, 0.3) is 5.91 Å². The van der Waals surface area contributed by atoms with E-state index < -0.39 is 0 Å². The minimum atomic E-state index is -0.380. The summed E-state index contributed by atoms with van der Waals surface area (Å²) in [6.07, 6.45) is 4.98. The predicted molar refractivity (Wildman–Crippen MR) is 119 cm³/mol. The van der Waals surface area contributed by atoms with Gasteiger partial charge in [0.1, 0.15) is 22.4 Å². The topological polar surface area (TPSA) is 85.8 Å². The molecule has 0 saturated heterocycles. The number of nitrogens with one attached hydrogen (secondary N) is 1. The molecule has 164 valence electrons. The number of hydrogen-bond donors (Lipinski definition) is 1. The Hall–Kier alpha value is -3.46. The van der Waals surface area contributed by atoms with Crippen LogP contribution < -0.4 is 5.32 Å². The number of aryl methyl sites for hydroxylation is 3. The van der Waals surface area contributed by atoms with Gasteiger partial charge < -0.3 is 14.4 Å². The highest BCUT2D eigenvalue weighted by Gasteiger charge is 2.16. The quantitative estimate of drug-likeness (QED) is 0.415. The van der Waals surface area contributed by atoms with Crippen LogP contribution in [0.25, 0.3) is 5.69 Å². The van der Waals surface area contributed by atoms with Gasteiger partial charge in [0.15, 0.2) is 0 Å². The first-order valence-electron chi connectivity index (χ1n) is 10.0. The Labute approximate surface area is 189 Å². The number of amides is 1. The van der Waals surface area contributed by atoms with Gasteiger partial charge in [-0.25, -0.2) is 14.4 Å². The van der Waals surface area contributed by atoms with Crippen molar-refractivity contribution in [2.75, 3.05) is 0 Å². The summed E-state index contributed by atoms with van der Waals surface area (Å²) in [5.41, 5.74) is 3.37. The summed E-state index contributed by atoms with van der Waals surface area (Å²) >= 11 is 1.45. The molecule has 0 saturated carbocycles. The van der Waals surface area contributed by atoms with Crippen molar-refractivity contribution in [3.63, 3.8) is 0 Å². The number of pyridine rings is 1. The Morgan fingerprint density at radius 1 is 1.19 bits per heavy atom. The third kappa shape index (κ3) is 4.57. The van der Waals surface area contributed by atoms with Gasteiger partial charge in [-0.05, 0) is 50.6 Å². The van der Waals surface area contributed by atoms with Crippen LogP contribution in [-0.2, 0) is 12.3 Å². The monoisotopic (exact) mass is 451 g/mol. The van der Waals surface area contributed by atoms with Crippen LogP contribution in [0.2, 0.25) is 0 Å². The van der Waals surface area contributed by atoms with Gasteiger partial charge >= 0.3 is 0 Å². The average molecular weight is 452 g/mol. The average Bonchev–Trinajstić information content (AvgIpc) is 3.35. The van der Waals surface area contributed by atoms with E-state index in [1.165, 1.54) is 17.8 Å². The summed E-state index contributed by atoms with van der Waals surface area (Å²) in [7, 11) is 0. The predicted octanol–water partition coefficient (Wildman–Crippen LogP) is 4.54. The van der Waals surface area contributed by atoms with E-state index in [1.54, 1.807) is 47.4 Å². The fraction of sp³-hybridized carbons (Fsp3) is 0.217. The molecule has 3 heterocycles. The molecule has 0 aliphatic carbocycles. The summed E-state index contributed by atoms with van der Waals surface area (Å²) in [5.74, 6) is 1.40. The number of thioether (sulfide) groups is 1. The van der Waals surface area contributed by atoms with Gasteiger partial charge in [0.2, 0.25) is 0 Å². The molecule has 0 aliphatic heterocycles. The molecule has 0 aliphatic rings. The van der Waals surface area contributed by atoms with Gasteiger partial charge in [-0.15, -0.1) is 11.8 Å². The van der Waals surface area contributed by atoms with E-state index >= 15 is 0 Å². The number of halogens is 1. The van der Waals surface area contributed by atoms with Crippen LogP contribution in [-0.4, -0.2) is 25.6 Å². The van der Waals surface area contributed by atoms with E-state index in [1.807, 2.05) is 20.8 Å². The van der Waals surface area contributed by atoms with E-state index in [0.29, 0.717) is 33.4 Å². The highest BCUT2D eigenvalue weighted by atomic mass is 32.2. The smallest absolute Gasteiger partial charge is 0.254 e. The number of aromatic nitrogens is 4. The second-order valence-electron chi connectivity index (χ2n) is 7.26. The summed E-state index contributed by atoms with van der Waals surface area (Å²) in [4.78, 5) is 21.3. The molecule has 32 heavy (non-hydrogen) atoms. The van der Waals surface area contributed by atoms with E-state index in [4.69, 9.17) is 4.52 Å². The molecule has 0 unspecified atom stereocenters. The van der Waals surface area contributed by atoms with Crippen molar-refractivity contribution >= 4 is 17.7 Å². The Balaban J connectivity index is 1.43. The lowest BCUT2D eigenvalue weighted by Crippen LogP contribution is -2.23. The van der Waals surface area contributed by atoms with Gasteiger partial charge in [-0.3, -0.25) is 4.79 Å². The molecule has 3 aromatic heterocycles. The molecule has 0 radical (unpaired) electrons. The fourth-order valence-electron chi connectivity index (χ4n) is 3.29. The van der Waals surface area contributed by atoms with Crippen molar-refractivity contribution in [2.45, 2.75) is 38.1 Å². The maximum absolute atomic E-state index is 14.6. The third-order valence-electron chi connectivity index (χ3n) is 5.10. The van der Waals surface area contributed by atoms with Gasteiger partial charge in [-0.1, -0.05) is 11.2 Å². The number of hydrogen-bond acceptors (Lipinski definition) is 6. The van der Waals surface area contributed by atoms with Crippen molar-refractivity contribution in [3.05, 3.63) is 88.7 Å². The zero-order valence-corrected chi connectivity index (χ0v) is 18.7. The van der Waals surface area contributed by atoms with Crippen LogP contribution in [0.1, 0.15) is 38.8 Å². The Bertz CT molecular complexity index is 1250. The first kappa shape index (κ1) is 21.8. The number of rotatable bonds is 7. The van der Waals surface area contributed by atoms with Crippen LogP contribution in [0, 0.1) is 26.6 Å². The van der Waals surface area contributed by atoms with E-state index in [2.05, 4.69) is 20.4 Å². The lowest BCUT2D eigenvalue weighted by atomic mass is 10.2. The maximum Gasteiger partial charge on any atom is 0.254 e. The first-order valence-corrected chi connectivity index (χ1v) is 11.0. The molecule has 4 rings (SSSR count). The van der Waals surface area contributed by atoms with Crippen LogP contribution in [0.3, 0.4) is 0 Å². The Morgan fingerprint density at radius 3 is 2.72 bits per heavy atom. The van der Waals surface area contributed by atoms with Crippen molar-refractivity contribution in [1.82, 2.24) is 25.0 Å². The second kappa shape index (κ2) is 9.35. The van der Waals surface area contributed by atoms with Gasteiger partial charge in [-0.2, -0.15) is 0 Å². The molecule has 1 aromatic carbocycles. The molecule has 1 amide bonds. The molecule has 0 spiro atoms. The van der Waals surface area contributed by atoms with E-state index in [0.717, 1.165) is 17.0 Å². The minimum Gasteiger partial charge on any atom is -0.361 e. The van der Waals surface area contributed by atoms with Crippen molar-refractivity contribution in [1.29, 1.82) is 0 Å². The minimum absolute atomic E-state index is 0.196. The Morgan fingerprint density at radius 2 is 2.03 bits per heavy atom. The zero-order chi connectivity index (χ0) is 22.7. The lowest BCUT2D eigenvalue weighted by Gasteiger charge is -2.11. The standard InChI is InChI=1S/C23H22FN5O2S/c1-14-19(15(2)31-28-14)13-32-23-18(5-4-8-26-23)22(30)27-12-17-6-7-21(20(24)11-17)29-10-9-25-16(29)3/h4-11H,12-13H2,1-3H3,(H,27,30). The summed E-state index contributed by atoms with van der Waals surface area (Å²) in [5, 5.41) is 7.43. The molecule has 0 bridgehead atoms. The summed E-state index contributed by atoms with van der Waals surface area (Å²) < 4.78 is 21.5. The highest BCUT2D eigenvalue weighted by molar-refractivity contribution is 7.98. The third-order valence-corrected chi connectivity index (χ3v) is 6.13. The van der Waals surface area contributed by atoms with Crippen molar-refractivity contribution in [2.24, 2.45) is 0 Å². The molecule has 4 aromatic rings. The van der Waals surface area contributed by atoms with Crippen LogP contribution in [0.15, 0.2) is 58.5 Å².